The largest absolute Gasteiger partial charge is 0.368 e. The Balaban J connectivity index is 1.87. The van der Waals surface area contributed by atoms with Crippen molar-refractivity contribution in [2.45, 2.75) is 37.6 Å². The molecule has 0 aliphatic heterocycles. The van der Waals surface area contributed by atoms with Crippen LogP contribution in [0.3, 0.4) is 0 Å². The number of hydrogen-bond donors (Lipinski definition) is 2. The molecule has 0 heterocycles. The van der Waals surface area contributed by atoms with E-state index in [9.17, 15) is 14.4 Å². The number of primary amides is 1. The van der Waals surface area contributed by atoms with Gasteiger partial charge in [0.2, 0.25) is 11.8 Å². The summed E-state index contributed by atoms with van der Waals surface area (Å²) in [6, 6.07) is 18.0. The Morgan fingerprint density at radius 1 is 0.963 bits per heavy atom. The van der Waals surface area contributed by atoms with Gasteiger partial charge < -0.3 is 11.1 Å². The molecule has 0 radical (unpaired) electrons. The first-order valence-corrected chi connectivity index (χ1v) is 9.27. The number of nitrogens with one attached hydrogen (secondary N) is 1. The maximum atomic E-state index is 13.2. The van der Waals surface area contributed by atoms with Gasteiger partial charge in [-0.15, -0.1) is 0 Å². The molecule has 1 saturated carbocycles. The third-order valence-corrected chi connectivity index (χ3v) is 5.12. The van der Waals surface area contributed by atoms with Crippen molar-refractivity contribution in [1.82, 2.24) is 5.32 Å². The van der Waals surface area contributed by atoms with Crippen LogP contribution in [0.4, 0.5) is 0 Å². The molecule has 0 aromatic heterocycles. The Morgan fingerprint density at radius 2 is 1.52 bits per heavy atom. The summed E-state index contributed by atoms with van der Waals surface area (Å²) in [7, 11) is 0. The molecule has 5 nitrogen and oxygen atoms in total. The summed E-state index contributed by atoms with van der Waals surface area (Å²) in [5, 5.41) is 2.84. The Kier molecular flexibility index (Phi) is 6.01. The molecule has 2 aromatic rings. The summed E-state index contributed by atoms with van der Waals surface area (Å²) in [6.07, 6.45) is 2.26. The number of nitrogens with two attached hydrogens (primary N) is 1. The standard InChI is InChI=1S/C22H24N2O3/c23-21(26)20(17-12-7-13-18(25)14-17)24-22(27)19(15-8-3-1-4-9-15)16-10-5-2-6-11-16/h1-6,8-11,17,19-20H,7,12-14H2,(H2,23,26)(H,24,27)/t17-,20+/m0/s1. The van der Waals surface area contributed by atoms with E-state index < -0.39 is 17.9 Å². The normalized spacial score (nSPS) is 18.1. The number of rotatable bonds is 6. The van der Waals surface area contributed by atoms with Crippen LogP contribution in [0.1, 0.15) is 42.7 Å². The summed E-state index contributed by atoms with van der Waals surface area (Å²) in [4.78, 5) is 37.0. The van der Waals surface area contributed by atoms with Crippen molar-refractivity contribution in [1.29, 1.82) is 0 Å². The second kappa shape index (κ2) is 8.62. The average molecular weight is 364 g/mol. The van der Waals surface area contributed by atoms with Crippen LogP contribution in [0, 0.1) is 5.92 Å². The summed E-state index contributed by atoms with van der Waals surface area (Å²) in [5.74, 6) is -1.54. The molecule has 0 bridgehead atoms. The fraction of sp³-hybridized carbons (Fsp3) is 0.318. The molecule has 2 aromatic carbocycles. The number of ketones is 1. The molecule has 0 unspecified atom stereocenters. The van der Waals surface area contributed by atoms with Crippen molar-refractivity contribution >= 4 is 17.6 Å². The van der Waals surface area contributed by atoms with Crippen LogP contribution in [0.25, 0.3) is 0 Å². The van der Waals surface area contributed by atoms with Gasteiger partial charge in [-0.3, -0.25) is 14.4 Å². The number of carbonyl (C=O) groups is 3. The van der Waals surface area contributed by atoms with Gasteiger partial charge in [-0.05, 0) is 29.9 Å². The van der Waals surface area contributed by atoms with E-state index in [4.69, 9.17) is 5.73 Å². The summed E-state index contributed by atoms with van der Waals surface area (Å²) >= 11 is 0. The summed E-state index contributed by atoms with van der Waals surface area (Å²) in [6.45, 7) is 0. The first-order valence-electron chi connectivity index (χ1n) is 9.27. The van der Waals surface area contributed by atoms with Gasteiger partial charge in [0.1, 0.15) is 11.8 Å². The molecule has 1 aliphatic rings. The van der Waals surface area contributed by atoms with E-state index in [0.29, 0.717) is 12.8 Å². The minimum atomic E-state index is -0.836. The van der Waals surface area contributed by atoms with Crippen molar-refractivity contribution in [2.24, 2.45) is 11.7 Å². The first-order chi connectivity index (χ1) is 13.1. The molecular formula is C22H24N2O3. The molecule has 1 aliphatic carbocycles. The van der Waals surface area contributed by atoms with Gasteiger partial charge in [0.05, 0.1) is 5.92 Å². The average Bonchev–Trinajstić information content (AvgIpc) is 2.68. The lowest BCUT2D eigenvalue weighted by Crippen LogP contribution is -2.51. The fourth-order valence-corrected chi connectivity index (χ4v) is 3.79. The molecule has 27 heavy (non-hydrogen) atoms. The smallest absolute Gasteiger partial charge is 0.240 e. The summed E-state index contributed by atoms with van der Waals surface area (Å²) < 4.78 is 0. The Bertz CT molecular complexity index is 765. The number of amides is 2. The molecule has 3 N–H and O–H groups in total. The van der Waals surface area contributed by atoms with Gasteiger partial charge in [-0.2, -0.15) is 0 Å². The van der Waals surface area contributed by atoms with Gasteiger partial charge >= 0.3 is 0 Å². The quantitative estimate of drug-likeness (QED) is 0.825. The zero-order valence-corrected chi connectivity index (χ0v) is 15.1. The molecule has 0 saturated heterocycles. The highest BCUT2D eigenvalue weighted by Gasteiger charge is 2.34. The molecule has 0 spiro atoms. The number of benzene rings is 2. The number of hydrogen-bond acceptors (Lipinski definition) is 3. The van der Waals surface area contributed by atoms with Crippen LogP contribution >= 0.6 is 0 Å². The van der Waals surface area contributed by atoms with Gasteiger partial charge in [0, 0.05) is 12.8 Å². The van der Waals surface area contributed by atoms with Gasteiger partial charge in [0.25, 0.3) is 0 Å². The molecule has 3 rings (SSSR count). The van der Waals surface area contributed by atoms with Gasteiger partial charge in [-0.1, -0.05) is 60.7 Å². The van der Waals surface area contributed by atoms with Crippen molar-refractivity contribution in [3.05, 3.63) is 71.8 Å². The Labute approximate surface area is 159 Å². The van der Waals surface area contributed by atoms with E-state index in [1.54, 1.807) is 0 Å². The highest BCUT2D eigenvalue weighted by molar-refractivity contribution is 5.92. The van der Waals surface area contributed by atoms with Crippen molar-refractivity contribution in [3.8, 4) is 0 Å². The van der Waals surface area contributed by atoms with Crippen LogP contribution in [0.5, 0.6) is 0 Å². The van der Waals surface area contributed by atoms with E-state index in [0.717, 1.165) is 17.5 Å². The minimum Gasteiger partial charge on any atom is -0.368 e. The predicted molar refractivity (Wildman–Crippen MR) is 103 cm³/mol. The zero-order chi connectivity index (χ0) is 19.2. The highest BCUT2D eigenvalue weighted by atomic mass is 16.2. The van der Waals surface area contributed by atoms with E-state index >= 15 is 0 Å². The second-order valence-electron chi connectivity index (χ2n) is 7.04. The molecular weight excluding hydrogens is 340 g/mol. The van der Waals surface area contributed by atoms with E-state index in [1.165, 1.54) is 0 Å². The lowest BCUT2D eigenvalue weighted by Gasteiger charge is -2.29. The Hall–Kier alpha value is -2.95. The van der Waals surface area contributed by atoms with Gasteiger partial charge in [-0.25, -0.2) is 0 Å². The molecule has 5 heteroatoms. The Morgan fingerprint density at radius 3 is 2.00 bits per heavy atom. The fourth-order valence-electron chi connectivity index (χ4n) is 3.79. The molecule has 2 atom stereocenters. The summed E-state index contributed by atoms with van der Waals surface area (Å²) in [5.41, 5.74) is 7.25. The van der Waals surface area contributed by atoms with Crippen LogP contribution in [0.2, 0.25) is 0 Å². The maximum absolute atomic E-state index is 13.2. The van der Waals surface area contributed by atoms with Crippen LogP contribution in [0.15, 0.2) is 60.7 Å². The lowest BCUT2D eigenvalue weighted by atomic mass is 9.82. The van der Waals surface area contributed by atoms with Crippen molar-refractivity contribution < 1.29 is 14.4 Å². The topological polar surface area (TPSA) is 89.3 Å². The first kappa shape index (κ1) is 18.8. The van der Waals surface area contributed by atoms with E-state index in [2.05, 4.69) is 5.32 Å². The number of carbonyl (C=O) groups excluding carboxylic acids is 3. The van der Waals surface area contributed by atoms with Gasteiger partial charge in [0.15, 0.2) is 0 Å². The van der Waals surface area contributed by atoms with Crippen LogP contribution in [-0.2, 0) is 14.4 Å². The SMILES string of the molecule is NC(=O)[C@H](NC(=O)C(c1ccccc1)c1ccccc1)[C@H]1CCCC(=O)C1. The van der Waals surface area contributed by atoms with Crippen LogP contribution in [-0.4, -0.2) is 23.6 Å². The van der Waals surface area contributed by atoms with Crippen molar-refractivity contribution in [3.63, 3.8) is 0 Å². The molecule has 1 fully saturated rings. The number of Topliss-reactive ketones (excluding diaryl/α,β-unsaturated/α-hetero) is 1. The highest BCUT2D eigenvalue weighted by Crippen LogP contribution is 2.28. The third-order valence-electron chi connectivity index (χ3n) is 5.12. The minimum absolute atomic E-state index is 0.120. The van der Waals surface area contributed by atoms with E-state index in [1.807, 2.05) is 60.7 Å². The monoisotopic (exact) mass is 364 g/mol. The third kappa shape index (κ3) is 4.61. The van der Waals surface area contributed by atoms with Crippen LogP contribution < -0.4 is 11.1 Å². The predicted octanol–water partition coefficient (Wildman–Crippen LogP) is 2.55. The zero-order valence-electron chi connectivity index (χ0n) is 15.1. The second-order valence-corrected chi connectivity index (χ2v) is 7.04. The molecule has 140 valence electrons. The van der Waals surface area contributed by atoms with Crippen molar-refractivity contribution in [2.75, 3.05) is 0 Å². The van der Waals surface area contributed by atoms with E-state index in [-0.39, 0.29) is 24.0 Å². The lowest BCUT2D eigenvalue weighted by molar-refractivity contribution is -0.130. The molecule has 2 amide bonds. The maximum Gasteiger partial charge on any atom is 0.240 e.